The van der Waals surface area contributed by atoms with E-state index < -0.39 is 113 Å². The van der Waals surface area contributed by atoms with E-state index in [4.69, 9.17) is 23.4 Å². The largest absolute Gasteiger partial charge is 0.456 e. The summed E-state index contributed by atoms with van der Waals surface area (Å²) < 4.78 is 32.4. The van der Waals surface area contributed by atoms with Crippen molar-refractivity contribution in [1.29, 1.82) is 0 Å². The highest BCUT2D eigenvalue weighted by molar-refractivity contribution is 6.74. The molecule has 1 amide bonds. The number of nitrogens with one attached hydrogen (secondary N) is 1. The predicted molar refractivity (Wildman–Crippen MR) is 247 cm³/mol. The number of carbonyl (C=O) groups is 5. The third-order valence-electron chi connectivity index (χ3n) is 15.9. The zero-order valence-electron chi connectivity index (χ0n) is 39.9. The molecule has 1 aliphatic heterocycles. The second kappa shape index (κ2) is 17.6. The number of amides is 1. The minimum atomic E-state index is -2.87. The summed E-state index contributed by atoms with van der Waals surface area (Å²) >= 11 is 0. The smallest absolute Gasteiger partial charge is 0.338 e. The lowest BCUT2D eigenvalue weighted by molar-refractivity contribution is -0.340. The SMILES string of the molecule is CC(=O)O[C@@]12CO[C@@H]1C[C@H](C)[C@@]1(C)C(=O)[C@H](O)C3=C(C)[C@@H](OC(=O)C(O[Si](C)(C)C(C)(C)C)[C@@H](NC(=O)c4ccccc4)c4ccccc4)C[C@@](O)([C@@H](OC(=O)c4ccccc4)[C@H]21)C3(C)C. The molecule has 3 aromatic carbocycles. The first-order chi connectivity index (χ1) is 30.8. The Bertz CT molecular complexity index is 2380. The van der Waals surface area contributed by atoms with Gasteiger partial charge in [0, 0.05) is 29.7 Å². The molecular weight excluding hydrogens is 859 g/mol. The van der Waals surface area contributed by atoms with Crippen LogP contribution in [-0.2, 0) is 37.8 Å². The van der Waals surface area contributed by atoms with Crippen molar-refractivity contribution < 1.29 is 57.6 Å². The molecule has 0 aromatic heterocycles. The molecule has 1 heterocycles. The second-order valence-corrected chi connectivity index (χ2v) is 25.8. The highest BCUT2D eigenvalue weighted by Gasteiger charge is 2.77. The molecule has 1 unspecified atom stereocenters. The van der Waals surface area contributed by atoms with Crippen molar-refractivity contribution in [2.24, 2.45) is 22.7 Å². The minimum absolute atomic E-state index is 0.110. The summed E-state index contributed by atoms with van der Waals surface area (Å²) in [5.41, 5.74) is -5.34. The second-order valence-electron chi connectivity index (χ2n) is 21.0. The quantitative estimate of drug-likeness (QED) is 0.0748. The fourth-order valence-corrected chi connectivity index (χ4v) is 12.1. The third kappa shape index (κ3) is 8.16. The highest BCUT2D eigenvalue weighted by atomic mass is 28.4. The molecular formula is C52H65NO12Si. The van der Waals surface area contributed by atoms with Gasteiger partial charge in [0.15, 0.2) is 25.8 Å². The summed E-state index contributed by atoms with van der Waals surface area (Å²) in [4.78, 5) is 72.3. The van der Waals surface area contributed by atoms with Crippen LogP contribution in [0.3, 0.4) is 0 Å². The van der Waals surface area contributed by atoms with Crippen LogP contribution in [0.2, 0.25) is 18.1 Å². The van der Waals surface area contributed by atoms with Crippen LogP contribution in [0, 0.1) is 22.7 Å². The maximum Gasteiger partial charge on any atom is 0.338 e. The Kier molecular flexibility index (Phi) is 13.0. The molecule has 4 aliphatic rings. The molecule has 3 N–H and O–H groups in total. The third-order valence-corrected chi connectivity index (χ3v) is 20.3. The van der Waals surface area contributed by atoms with Gasteiger partial charge in [-0.3, -0.25) is 14.4 Å². The Morgan fingerprint density at radius 2 is 1.44 bits per heavy atom. The first kappa shape index (κ1) is 48.9. The lowest BCUT2D eigenvalue weighted by Crippen LogP contribution is -2.80. The monoisotopic (exact) mass is 923 g/mol. The molecule has 0 spiro atoms. The summed E-state index contributed by atoms with van der Waals surface area (Å²) in [5, 5.41) is 29.1. The van der Waals surface area contributed by atoms with Gasteiger partial charge in [-0.25, -0.2) is 9.59 Å². The molecule has 7 rings (SSSR count). The number of ether oxygens (including phenoxy) is 4. The number of aliphatic hydroxyl groups is 2. The van der Waals surface area contributed by atoms with Crippen molar-refractivity contribution in [3.63, 3.8) is 0 Å². The van der Waals surface area contributed by atoms with Crippen LogP contribution in [0.1, 0.15) is 107 Å². The summed E-state index contributed by atoms with van der Waals surface area (Å²) in [6.07, 6.45) is -7.04. The number of benzene rings is 3. The van der Waals surface area contributed by atoms with Crippen molar-refractivity contribution in [3.8, 4) is 0 Å². The van der Waals surface area contributed by atoms with Crippen molar-refractivity contribution >= 4 is 37.9 Å². The number of aliphatic hydroxyl groups excluding tert-OH is 1. The van der Waals surface area contributed by atoms with Gasteiger partial charge in [0.05, 0.1) is 24.1 Å². The molecule has 2 bridgehead atoms. The molecule has 3 aromatic rings. The predicted octanol–water partition coefficient (Wildman–Crippen LogP) is 7.47. The molecule has 13 nitrogen and oxygen atoms in total. The number of Topliss-reactive ketones (excluding diaryl/α,β-unsaturated/α-hetero) is 1. The van der Waals surface area contributed by atoms with E-state index in [9.17, 15) is 24.6 Å². The van der Waals surface area contributed by atoms with Crippen molar-refractivity contribution in [2.75, 3.05) is 6.61 Å². The fraction of sp³-hybridized carbons (Fsp3) is 0.519. The van der Waals surface area contributed by atoms with Gasteiger partial charge < -0.3 is 38.9 Å². The zero-order valence-corrected chi connectivity index (χ0v) is 40.9. The van der Waals surface area contributed by atoms with Gasteiger partial charge in [-0.1, -0.05) is 115 Å². The molecule has 3 fully saturated rings. The fourth-order valence-electron chi connectivity index (χ4n) is 10.8. The van der Waals surface area contributed by atoms with Crippen LogP contribution < -0.4 is 5.32 Å². The van der Waals surface area contributed by atoms with E-state index in [0.717, 1.165) is 0 Å². The van der Waals surface area contributed by atoms with E-state index in [-0.39, 0.29) is 30.6 Å². The molecule has 66 heavy (non-hydrogen) atoms. The molecule has 354 valence electrons. The number of hydrogen-bond acceptors (Lipinski definition) is 12. The normalized spacial score (nSPS) is 31.3. The summed E-state index contributed by atoms with van der Waals surface area (Å²) in [7, 11) is -2.87. The number of carbonyl (C=O) groups excluding carboxylic acids is 5. The number of rotatable bonds is 11. The van der Waals surface area contributed by atoms with Gasteiger partial charge in [-0.05, 0) is 78.4 Å². The number of esters is 3. The molecule has 11 atom stereocenters. The maximum atomic E-state index is 15.4. The van der Waals surface area contributed by atoms with Crippen LogP contribution in [0.4, 0.5) is 0 Å². The van der Waals surface area contributed by atoms with Gasteiger partial charge in [-0.15, -0.1) is 0 Å². The lowest BCUT2D eigenvalue weighted by atomic mass is 9.43. The van der Waals surface area contributed by atoms with Crippen LogP contribution >= 0.6 is 0 Å². The summed E-state index contributed by atoms with van der Waals surface area (Å²) in [6.45, 7) is 19.6. The van der Waals surface area contributed by atoms with Gasteiger partial charge in [0.1, 0.15) is 30.0 Å². The molecule has 1 saturated heterocycles. The molecule has 2 saturated carbocycles. The Balaban J connectivity index is 1.40. The van der Waals surface area contributed by atoms with E-state index in [0.29, 0.717) is 16.7 Å². The standard InChI is InChI=1S/C52H65NO12Si/c1-30-27-37-51(29-61-37,64-32(3)54)42-44(63-46(58)35-25-19-14-20-26-35)52(60)28-36(31(2)38(49(52,7)8)40(55)43(56)50(30,42)9)62-47(59)41(65-66(10,11)48(4,5)6)39(33-21-15-12-16-22-33)53-45(57)34-23-17-13-18-24-34/h12-26,30,36-37,39-42,44,55,60H,27-29H2,1-11H3,(H,53,57)/t30-,36-,37+,39-,40+,41?,42-,44-,50+,51-,52+/m0/s1. The Labute approximate surface area is 388 Å². The first-order valence-corrected chi connectivity index (χ1v) is 25.7. The van der Waals surface area contributed by atoms with E-state index >= 15 is 9.59 Å². The van der Waals surface area contributed by atoms with Crippen LogP contribution in [0.25, 0.3) is 0 Å². The van der Waals surface area contributed by atoms with Crippen LogP contribution in [-0.4, -0.2) is 96.5 Å². The average Bonchev–Trinajstić information content (AvgIpc) is 3.26. The Morgan fingerprint density at radius 3 is 1.97 bits per heavy atom. The lowest BCUT2D eigenvalue weighted by Gasteiger charge is -2.68. The van der Waals surface area contributed by atoms with Crippen LogP contribution in [0.15, 0.2) is 102 Å². The number of ketones is 1. The van der Waals surface area contributed by atoms with Crippen LogP contribution in [0.5, 0.6) is 0 Å². The van der Waals surface area contributed by atoms with Gasteiger partial charge >= 0.3 is 17.9 Å². The summed E-state index contributed by atoms with van der Waals surface area (Å²) in [5.74, 6) is -5.20. The van der Waals surface area contributed by atoms with Crippen molar-refractivity contribution in [2.45, 2.75) is 141 Å². The van der Waals surface area contributed by atoms with E-state index in [1.54, 1.807) is 113 Å². The molecule has 14 heteroatoms. The maximum absolute atomic E-state index is 15.4. The van der Waals surface area contributed by atoms with Crippen molar-refractivity contribution in [3.05, 3.63) is 119 Å². The van der Waals surface area contributed by atoms with E-state index in [2.05, 4.69) is 5.32 Å². The van der Waals surface area contributed by atoms with Gasteiger partial charge in [0.2, 0.25) is 0 Å². The first-order valence-electron chi connectivity index (χ1n) is 22.8. The average molecular weight is 924 g/mol. The van der Waals surface area contributed by atoms with Gasteiger partial charge in [-0.2, -0.15) is 0 Å². The summed E-state index contributed by atoms with van der Waals surface area (Å²) in [6, 6.07) is 24.7. The molecule has 0 radical (unpaired) electrons. The Morgan fingerprint density at radius 1 is 0.879 bits per heavy atom. The number of hydrogen-bond donors (Lipinski definition) is 3. The van der Waals surface area contributed by atoms with E-state index in [1.165, 1.54) is 6.92 Å². The zero-order chi connectivity index (χ0) is 48.4. The minimum Gasteiger partial charge on any atom is -0.456 e. The Hall–Kier alpha value is -4.99. The number of fused-ring (bicyclic) bond motifs is 5. The topological polar surface area (TPSA) is 184 Å². The van der Waals surface area contributed by atoms with Gasteiger partial charge in [0.25, 0.3) is 5.91 Å². The van der Waals surface area contributed by atoms with Crippen molar-refractivity contribution in [1.82, 2.24) is 5.32 Å². The highest BCUT2D eigenvalue weighted by Crippen LogP contribution is 2.65. The molecule has 3 aliphatic carbocycles. The van der Waals surface area contributed by atoms with E-state index in [1.807, 2.05) is 46.9 Å².